The first-order chi connectivity index (χ1) is 9.08. The van der Waals surface area contributed by atoms with E-state index in [9.17, 15) is 0 Å². The molecule has 1 aliphatic rings. The number of ether oxygens (including phenoxy) is 1. The molecule has 1 aromatic heterocycles. The molecule has 0 saturated heterocycles. The molecule has 0 aliphatic heterocycles. The van der Waals surface area contributed by atoms with Crippen LogP contribution in [-0.2, 0) is 0 Å². The van der Waals surface area contributed by atoms with Crippen molar-refractivity contribution >= 4 is 11.5 Å². The zero-order valence-corrected chi connectivity index (χ0v) is 11.9. The van der Waals surface area contributed by atoms with Gasteiger partial charge >= 0.3 is 0 Å². The minimum absolute atomic E-state index is 0.342. The number of anilines is 2. The Morgan fingerprint density at radius 3 is 2.47 bits per heavy atom. The second kappa shape index (κ2) is 6.08. The van der Waals surface area contributed by atoms with Crippen molar-refractivity contribution in [3.8, 4) is 5.88 Å². The van der Waals surface area contributed by atoms with Crippen molar-refractivity contribution in [3.63, 3.8) is 0 Å². The van der Waals surface area contributed by atoms with Gasteiger partial charge in [0.1, 0.15) is 11.5 Å². The Balaban J connectivity index is 2.19. The van der Waals surface area contributed by atoms with E-state index in [1.807, 2.05) is 0 Å². The van der Waals surface area contributed by atoms with Gasteiger partial charge in [0.05, 0.1) is 6.61 Å². The third-order valence-corrected chi connectivity index (χ3v) is 3.48. The fourth-order valence-corrected chi connectivity index (χ4v) is 2.38. The highest BCUT2D eigenvalue weighted by molar-refractivity contribution is 5.64. The topological polar surface area (TPSA) is 87.0 Å². The van der Waals surface area contributed by atoms with Gasteiger partial charge in [-0.3, -0.25) is 0 Å². The summed E-state index contributed by atoms with van der Waals surface area (Å²) in [6.45, 7) is 4.76. The first kappa shape index (κ1) is 13.9. The van der Waals surface area contributed by atoms with E-state index in [0.717, 1.165) is 18.7 Å². The molecule has 4 N–H and O–H groups in total. The zero-order valence-electron chi connectivity index (χ0n) is 11.9. The maximum atomic E-state index is 5.89. The van der Waals surface area contributed by atoms with E-state index < -0.39 is 0 Å². The number of hydrogen-bond acceptors (Lipinski definition) is 5. The molecule has 19 heavy (non-hydrogen) atoms. The molecule has 1 heterocycles. The maximum absolute atomic E-state index is 5.89. The van der Waals surface area contributed by atoms with E-state index in [4.69, 9.17) is 16.2 Å². The third-order valence-electron chi connectivity index (χ3n) is 3.48. The first-order valence-electron chi connectivity index (χ1n) is 7.13. The molecule has 1 aliphatic carbocycles. The SMILES string of the molecule is CC(C)COc1nc(C2CCCCC2)nc(N)c1N. The van der Waals surface area contributed by atoms with Crippen LogP contribution < -0.4 is 16.2 Å². The second-order valence-corrected chi connectivity index (χ2v) is 5.73. The molecule has 2 rings (SSSR count). The van der Waals surface area contributed by atoms with Gasteiger partial charge in [0.2, 0.25) is 5.88 Å². The number of rotatable bonds is 4. The maximum Gasteiger partial charge on any atom is 0.242 e. The van der Waals surface area contributed by atoms with Crippen LogP contribution in [0.3, 0.4) is 0 Å². The highest BCUT2D eigenvalue weighted by atomic mass is 16.5. The van der Waals surface area contributed by atoms with Crippen LogP contribution in [0, 0.1) is 5.92 Å². The summed E-state index contributed by atoms with van der Waals surface area (Å²) in [5.74, 6) is 2.41. The van der Waals surface area contributed by atoms with Crippen LogP contribution in [0.1, 0.15) is 57.7 Å². The average Bonchev–Trinajstić information content (AvgIpc) is 2.41. The second-order valence-electron chi connectivity index (χ2n) is 5.73. The van der Waals surface area contributed by atoms with E-state index in [1.165, 1.54) is 19.3 Å². The molecule has 0 aromatic carbocycles. The normalized spacial score (nSPS) is 16.8. The van der Waals surface area contributed by atoms with Crippen molar-refractivity contribution in [1.29, 1.82) is 0 Å². The van der Waals surface area contributed by atoms with Crippen LogP contribution in [0.4, 0.5) is 11.5 Å². The quantitative estimate of drug-likeness (QED) is 0.873. The van der Waals surface area contributed by atoms with E-state index in [1.54, 1.807) is 0 Å². The minimum Gasteiger partial charge on any atom is -0.476 e. The standard InChI is InChI=1S/C14H24N4O/c1-9(2)8-19-14-11(15)12(16)17-13(18-14)10-6-4-3-5-7-10/h9-10H,3-8,15H2,1-2H3,(H2,16,17,18). The van der Waals surface area contributed by atoms with Crippen LogP contribution in [0.25, 0.3) is 0 Å². The smallest absolute Gasteiger partial charge is 0.242 e. The number of nitrogen functional groups attached to an aromatic ring is 2. The van der Waals surface area contributed by atoms with Crippen molar-refractivity contribution in [1.82, 2.24) is 9.97 Å². The Kier molecular flexibility index (Phi) is 4.45. The molecule has 0 bridgehead atoms. The number of nitrogens with zero attached hydrogens (tertiary/aromatic N) is 2. The van der Waals surface area contributed by atoms with E-state index >= 15 is 0 Å². The van der Waals surface area contributed by atoms with Crippen molar-refractivity contribution in [2.45, 2.75) is 51.9 Å². The molecule has 1 aromatic rings. The van der Waals surface area contributed by atoms with E-state index in [-0.39, 0.29) is 0 Å². The monoisotopic (exact) mass is 264 g/mol. The molecule has 0 unspecified atom stereocenters. The summed E-state index contributed by atoms with van der Waals surface area (Å²) < 4.78 is 5.65. The molecule has 0 atom stereocenters. The van der Waals surface area contributed by atoms with Crippen LogP contribution in [0.15, 0.2) is 0 Å². The van der Waals surface area contributed by atoms with Gasteiger partial charge in [-0.05, 0) is 18.8 Å². The average molecular weight is 264 g/mol. The fourth-order valence-electron chi connectivity index (χ4n) is 2.38. The van der Waals surface area contributed by atoms with Gasteiger partial charge in [0, 0.05) is 5.92 Å². The van der Waals surface area contributed by atoms with E-state index in [2.05, 4.69) is 23.8 Å². The van der Waals surface area contributed by atoms with Gasteiger partial charge < -0.3 is 16.2 Å². The Labute approximate surface area is 114 Å². The predicted octanol–water partition coefficient (Wildman–Crippen LogP) is 2.72. The summed E-state index contributed by atoms with van der Waals surface area (Å²) in [7, 11) is 0. The molecule has 0 spiro atoms. The van der Waals surface area contributed by atoms with Crippen LogP contribution in [-0.4, -0.2) is 16.6 Å². The molecule has 106 valence electrons. The molecule has 1 fully saturated rings. The molecule has 0 amide bonds. The van der Waals surface area contributed by atoms with Gasteiger partial charge in [-0.1, -0.05) is 33.1 Å². The number of aromatic nitrogens is 2. The summed E-state index contributed by atoms with van der Waals surface area (Å²) in [6.07, 6.45) is 6.04. The first-order valence-corrected chi connectivity index (χ1v) is 7.13. The van der Waals surface area contributed by atoms with Crippen molar-refractivity contribution < 1.29 is 4.74 Å². The number of hydrogen-bond donors (Lipinski definition) is 2. The molecule has 5 nitrogen and oxygen atoms in total. The Morgan fingerprint density at radius 1 is 1.16 bits per heavy atom. The van der Waals surface area contributed by atoms with Crippen LogP contribution in [0.5, 0.6) is 5.88 Å². The summed E-state index contributed by atoms with van der Waals surface area (Å²) in [6, 6.07) is 0. The molecular weight excluding hydrogens is 240 g/mol. The lowest BCUT2D eigenvalue weighted by Gasteiger charge is -2.21. The predicted molar refractivity (Wildman–Crippen MR) is 77.0 cm³/mol. The minimum atomic E-state index is 0.342. The van der Waals surface area contributed by atoms with Crippen molar-refractivity contribution in [2.75, 3.05) is 18.1 Å². The molecular formula is C14H24N4O. The van der Waals surface area contributed by atoms with Crippen LogP contribution in [0.2, 0.25) is 0 Å². The lowest BCUT2D eigenvalue weighted by Crippen LogP contribution is -2.15. The largest absolute Gasteiger partial charge is 0.476 e. The Morgan fingerprint density at radius 2 is 1.84 bits per heavy atom. The molecule has 1 saturated carbocycles. The van der Waals surface area contributed by atoms with E-state index in [0.29, 0.717) is 35.8 Å². The highest BCUT2D eigenvalue weighted by Gasteiger charge is 2.21. The van der Waals surface area contributed by atoms with Gasteiger partial charge in [-0.15, -0.1) is 0 Å². The van der Waals surface area contributed by atoms with Crippen molar-refractivity contribution in [3.05, 3.63) is 5.82 Å². The summed E-state index contributed by atoms with van der Waals surface area (Å²) in [4.78, 5) is 8.84. The van der Waals surface area contributed by atoms with Crippen LogP contribution >= 0.6 is 0 Å². The summed E-state index contributed by atoms with van der Waals surface area (Å²) in [5.41, 5.74) is 12.1. The van der Waals surface area contributed by atoms with Crippen molar-refractivity contribution in [2.24, 2.45) is 5.92 Å². The molecule has 0 radical (unpaired) electrons. The molecule has 5 heteroatoms. The lowest BCUT2D eigenvalue weighted by atomic mass is 9.89. The van der Waals surface area contributed by atoms with Gasteiger partial charge in [-0.2, -0.15) is 4.98 Å². The Hall–Kier alpha value is -1.52. The van der Waals surface area contributed by atoms with Gasteiger partial charge in [0.15, 0.2) is 5.82 Å². The third kappa shape index (κ3) is 3.49. The zero-order chi connectivity index (χ0) is 13.8. The number of nitrogens with two attached hydrogens (primary N) is 2. The lowest BCUT2D eigenvalue weighted by molar-refractivity contribution is 0.260. The summed E-state index contributed by atoms with van der Waals surface area (Å²) >= 11 is 0. The fraction of sp³-hybridized carbons (Fsp3) is 0.714. The van der Waals surface area contributed by atoms with Gasteiger partial charge in [-0.25, -0.2) is 4.98 Å². The highest BCUT2D eigenvalue weighted by Crippen LogP contribution is 2.34. The Bertz CT molecular complexity index is 428. The summed E-state index contributed by atoms with van der Waals surface area (Å²) in [5, 5.41) is 0. The van der Waals surface area contributed by atoms with Gasteiger partial charge in [0.25, 0.3) is 0 Å².